The van der Waals surface area contributed by atoms with Crippen molar-refractivity contribution < 1.29 is 30.9 Å². The number of alkyl halides is 3. The fourth-order valence-electron chi connectivity index (χ4n) is 1.91. The maximum absolute atomic E-state index is 13.1. The molecule has 2 atom stereocenters. The summed E-state index contributed by atoms with van der Waals surface area (Å²) in [6, 6.07) is -1.75. The number of aliphatic imine (C=N–C) groups is 1. The molecule has 0 spiro atoms. The lowest BCUT2D eigenvalue weighted by atomic mass is 10.1. The Bertz CT molecular complexity index is 643. The largest absolute Gasteiger partial charge is 0.440 e. The molecule has 0 unspecified atom stereocenters. The van der Waals surface area contributed by atoms with Crippen LogP contribution < -0.4 is 0 Å². The van der Waals surface area contributed by atoms with Crippen molar-refractivity contribution in [3.05, 3.63) is 22.8 Å². The van der Waals surface area contributed by atoms with Crippen LogP contribution in [-0.4, -0.2) is 55.1 Å². The molecular weight excluding hydrogens is 381 g/mol. The number of hydrogen-bond donors (Lipinski definition) is 1. The number of hydrogen-bond acceptors (Lipinski definition) is 6. The molecule has 0 saturated heterocycles. The highest BCUT2D eigenvalue weighted by atomic mass is 79.9. The first-order chi connectivity index (χ1) is 9.44. The van der Waals surface area contributed by atoms with Crippen molar-refractivity contribution in [3.63, 3.8) is 0 Å². The molecule has 21 heavy (non-hydrogen) atoms. The predicted molar refractivity (Wildman–Crippen MR) is 71.0 cm³/mol. The van der Waals surface area contributed by atoms with Crippen molar-refractivity contribution >= 4 is 31.9 Å². The monoisotopic (exact) mass is 390 g/mol. The second kappa shape index (κ2) is 5.07. The molecule has 2 aliphatic rings. The number of rotatable bonds is 3. The first-order valence-corrected chi connectivity index (χ1v) is 8.12. The Morgan fingerprint density at radius 3 is 2.67 bits per heavy atom. The predicted octanol–water partition coefficient (Wildman–Crippen LogP) is 1.10. The highest BCUT2D eigenvalue weighted by Crippen LogP contribution is 2.42. The van der Waals surface area contributed by atoms with Gasteiger partial charge in [0.25, 0.3) is 15.8 Å². The zero-order valence-corrected chi connectivity index (χ0v) is 12.9. The van der Waals surface area contributed by atoms with Crippen LogP contribution in [0.5, 0.6) is 0 Å². The van der Waals surface area contributed by atoms with Crippen LogP contribution in [0.25, 0.3) is 0 Å². The summed E-state index contributed by atoms with van der Waals surface area (Å²) in [6.07, 6.45) is -0.402. The van der Waals surface area contributed by atoms with Crippen LogP contribution >= 0.6 is 15.9 Å². The standard InChI is InChI=1S/C10H10BrF3N2O4S/c1-21(18,19)20-5-7-9(17,10(12,13)14)15-8-3-2-6(11)4-16(7)8/h2-4,7,17H,5H2,1H3/t7-,9-/m0/s1. The number of nitrogens with zero attached hydrogens (tertiary/aromatic N) is 2. The molecule has 6 nitrogen and oxygen atoms in total. The fraction of sp³-hybridized carbons (Fsp3) is 0.500. The SMILES string of the molecule is CS(=O)(=O)OC[C@@H]1N2C=C(Br)C=CC2=N[C@@]1(O)C(F)(F)F. The van der Waals surface area contributed by atoms with Crippen LogP contribution in [-0.2, 0) is 14.3 Å². The molecule has 0 bridgehead atoms. The van der Waals surface area contributed by atoms with Gasteiger partial charge in [0.2, 0.25) is 0 Å². The number of amidine groups is 1. The van der Waals surface area contributed by atoms with E-state index in [-0.39, 0.29) is 5.84 Å². The zero-order chi connectivity index (χ0) is 16.1. The molecule has 118 valence electrons. The van der Waals surface area contributed by atoms with E-state index >= 15 is 0 Å². The minimum atomic E-state index is -5.09. The van der Waals surface area contributed by atoms with Gasteiger partial charge in [-0.1, -0.05) is 0 Å². The summed E-state index contributed by atoms with van der Waals surface area (Å²) in [5.41, 5.74) is -3.45. The van der Waals surface area contributed by atoms with Crippen molar-refractivity contribution in [2.45, 2.75) is 17.9 Å². The number of aliphatic hydroxyl groups is 1. The summed E-state index contributed by atoms with van der Waals surface area (Å²) in [5, 5.41) is 9.89. The third kappa shape index (κ3) is 3.15. The van der Waals surface area contributed by atoms with Gasteiger partial charge >= 0.3 is 6.18 Å². The van der Waals surface area contributed by atoms with Crippen molar-refractivity contribution in [1.82, 2.24) is 4.90 Å². The Morgan fingerprint density at radius 1 is 1.52 bits per heavy atom. The molecular formula is C10H10BrF3N2O4S. The lowest BCUT2D eigenvalue weighted by Crippen LogP contribution is -2.56. The molecule has 0 aliphatic carbocycles. The summed E-state index contributed by atoms with van der Waals surface area (Å²) in [4.78, 5) is 4.29. The van der Waals surface area contributed by atoms with Crippen molar-refractivity contribution in [3.8, 4) is 0 Å². The minimum Gasteiger partial charge on any atom is -0.360 e. The van der Waals surface area contributed by atoms with Crippen LogP contribution in [0, 0.1) is 0 Å². The van der Waals surface area contributed by atoms with Crippen LogP contribution in [0.2, 0.25) is 0 Å². The Labute approximate surface area is 126 Å². The molecule has 11 heteroatoms. The smallest absolute Gasteiger partial charge is 0.360 e. The summed E-state index contributed by atoms with van der Waals surface area (Å²) >= 11 is 3.09. The highest BCUT2D eigenvalue weighted by Gasteiger charge is 2.64. The normalized spacial score (nSPS) is 29.2. The molecule has 0 aromatic rings. The van der Waals surface area contributed by atoms with E-state index in [0.717, 1.165) is 4.90 Å². The van der Waals surface area contributed by atoms with Gasteiger partial charge in [-0.3, -0.25) is 4.18 Å². The summed E-state index contributed by atoms with van der Waals surface area (Å²) in [7, 11) is -3.97. The fourth-order valence-corrected chi connectivity index (χ4v) is 2.64. The quantitative estimate of drug-likeness (QED) is 0.730. The maximum atomic E-state index is 13.1. The Hall–Kier alpha value is -0.910. The van der Waals surface area contributed by atoms with E-state index in [2.05, 4.69) is 25.1 Å². The van der Waals surface area contributed by atoms with E-state index in [9.17, 15) is 26.7 Å². The minimum absolute atomic E-state index is 0.139. The number of halogens is 4. The second-order valence-electron chi connectivity index (χ2n) is 4.45. The van der Waals surface area contributed by atoms with Crippen molar-refractivity contribution in [2.24, 2.45) is 4.99 Å². The lowest BCUT2D eigenvalue weighted by molar-refractivity contribution is -0.268. The molecule has 0 saturated carbocycles. The van der Waals surface area contributed by atoms with Crippen LogP contribution in [0.3, 0.4) is 0 Å². The lowest BCUT2D eigenvalue weighted by Gasteiger charge is -2.33. The molecule has 0 amide bonds. The molecule has 0 aromatic carbocycles. The molecule has 2 heterocycles. The van der Waals surface area contributed by atoms with Gasteiger partial charge in [-0.05, 0) is 28.1 Å². The molecule has 0 aromatic heterocycles. The van der Waals surface area contributed by atoms with Gasteiger partial charge in [0, 0.05) is 10.7 Å². The highest BCUT2D eigenvalue weighted by molar-refractivity contribution is 9.11. The third-order valence-corrected chi connectivity index (χ3v) is 3.89. The van der Waals surface area contributed by atoms with E-state index in [1.807, 2.05) is 0 Å². The molecule has 0 fully saturated rings. The van der Waals surface area contributed by atoms with Gasteiger partial charge < -0.3 is 10.0 Å². The van der Waals surface area contributed by atoms with E-state index in [1.54, 1.807) is 0 Å². The van der Waals surface area contributed by atoms with Crippen molar-refractivity contribution in [2.75, 3.05) is 12.9 Å². The van der Waals surface area contributed by atoms with Gasteiger partial charge in [0.05, 0.1) is 12.9 Å². The Balaban J connectivity index is 2.40. The Kier molecular flexibility index (Phi) is 3.98. The maximum Gasteiger partial charge on any atom is 0.440 e. The number of fused-ring (bicyclic) bond motifs is 1. The van der Waals surface area contributed by atoms with Crippen LogP contribution in [0.1, 0.15) is 0 Å². The summed E-state index contributed by atoms with van der Waals surface area (Å²) in [5.74, 6) is -0.139. The van der Waals surface area contributed by atoms with E-state index in [0.29, 0.717) is 10.7 Å². The zero-order valence-electron chi connectivity index (χ0n) is 10.5. The number of allylic oxidation sites excluding steroid dienone is 2. The molecule has 1 N–H and O–H groups in total. The van der Waals surface area contributed by atoms with Gasteiger partial charge in [-0.15, -0.1) is 0 Å². The molecule has 2 aliphatic heterocycles. The third-order valence-electron chi connectivity index (χ3n) is 2.86. The van der Waals surface area contributed by atoms with Gasteiger partial charge in [-0.2, -0.15) is 21.6 Å². The molecule has 2 rings (SSSR count). The van der Waals surface area contributed by atoms with Crippen LogP contribution in [0.15, 0.2) is 27.8 Å². The Morgan fingerprint density at radius 2 is 2.14 bits per heavy atom. The average molecular weight is 391 g/mol. The summed E-state index contributed by atoms with van der Waals surface area (Å²) < 4.78 is 66.2. The first-order valence-electron chi connectivity index (χ1n) is 5.51. The van der Waals surface area contributed by atoms with Gasteiger partial charge in [0.1, 0.15) is 11.9 Å². The van der Waals surface area contributed by atoms with E-state index in [1.165, 1.54) is 18.4 Å². The van der Waals surface area contributed by atoms with E-state index in [4.69, 9.17) is 0 Å². The second-order valence-corrected chi connectivity index (χ2v) is 7.01. The summed E-state index contributed by atoms with van der Waals surface area (Å²) in [6.45, 7) is -0.896. The molecule has 0 radical (unpaired) electrons. The van der Waals surface area contributed by atoms with Gasteiger partial charge in [-0.25, -0.2) is 4.99 Å². The van der Waals surface area contributed by atoms with Gasteiger partial charge in [0.15, 0.2) is 0 Å². The van der Waals surface area contributed by atoms with Crippen LogP contribution in [0.4, 0.5) is 13.2 Å². The first kappa shape index (κ1) is 16.5. The van der Waals surface area contributed by atoms with E-state index < -0.39 is 34.7 Å². The average Bonchev–Trinajstić information content (AvgIpc) is 2.58. The van der Waals surface area contributed by atoms with Crippen molar-refractivity contribution in [1.29, 1.82) is 0 Å². The topological polar surface area (TPSA) is 79.2 Å².